The molecular weight excluding hydrogens is 294 g/mol. The monoisotopic (exact) mass is 307 g/mol. The van der Waals surface area contributed by atoms with E-state index >= 15 is 0 Å². The Morgan fingerprint density at radius 3 is 2.81 bits per heavy atom. The van der Waals surface area contributed by atoms with Crippen molar-refractivity contribution in [1.29, 1.82) is 0 Å². The summed E-state index contributed by atoms with van der Waals surface area (Å²) in [4.78, 5) is 10.5. The zero-order chi connectivity index (χ0) is 15.5. The van der Waals surface area contributed by atoms with Gasteiger partial charge in [-0.25, -0.2) is 13.2 Å². The number of aliphatic carboxylic acids is 1. The number of anilines is 1. The van der Waals surface area contributed by atoms with Crippen molar-refractivity contribution < 1.29 is 18.3 Å². The van der Waals surface area contributed by atoms with Crippen LogP contribution in [0.2, 0.25) is 0 Å². The lowest BCUT2D eigenvalue weighted by Gasteiger charge is -2.06. The van der Waals surface area contributed by atoms with Crippen LogP contribution in [0.1, 0.15) is 5.56 Å². The van der Waals surface area contributed by atoms with Gasteiger partial charge in [0.25, 0.3) is 10.0 Å². The number of hydrogen-bond donors (Lipinski definition) is 2. The quantitative estimate of drug-likeness (QED) is 0.811. The molecule has 2 N–H and O–H groups in total. The molecule has 0 unspecified atom stereocenters. The topological polar surface area (TPSA) is 101 Å². The van der Waals surface area contributed by atoms with Crippen LogP contribution in [0.15, 0.2) is 47.6 Å². The van der Waals surface area contributed by atoms with E-state index in [1.54, 1.807) is 19.2 Å². The molecule has 2 rings (SSSR count). The van der Waals surface area contributed by atoms with E-state index in [-0.39, 0.29) is 4.90 Å². The molecule has 2 aromatic rings. The Balaban J connectivity index is 2.27. The molecule has 0 saturated carbocycles. The van der Waals surface area contributed by atoms with E-state index in [9.17, 15) is 13.2 Å². The molecule has 8 heteroatoms. The Morgan fingerprint density at radius 1 is 1.43 bits per heavy atom. The number of carboxylic acid groups (broad SMARTS) is 1. The molecule has 0 radical (unpaired) electrons. The van der Waals surface area contributed by atoms with Crippen molar-refractivity contribution in [3.63, 3.8) is 0 Å². The average Bonchev–Trinajstić information content (AvgIpc) is 2.81. The molecule has 0 atom stereocenters. The van der Waals surface area contributed by atoms with Gasteiger partial charge in [0, 0.05) is 19.3 Å². The summed E-state index contributed by atoms with van der Waals surface area (Å²) >= 11 is 0. The predicted molar refractivity (Wildman–Crippen MR) is 77.1 cm³/mol. The molecule has 0 amide bonds. The van der Waals surface area contributed by atoms with Gasteiger partial charge in [0.15, 0.2) is 0 Å². The number of rotatable bonds is 5. The molecule has 7 nitrogen and oxygen atoms in total. The first-order valence-electron chi connectivity index (χ1n) is 5.89. The minimum Gasteiger partial charge on any atom is -0.478 e. The number of benzene rings is 1. The molecule has 0 fully saturated rings. The smallest absolute Gasteiger partial charge is 0.328 e. The predicted octanol–water partition coefficient (Wildman–Crippen LogP) is 1.32. The summed E-state index contributed by atoms with van der Waals surface area (Å²) in [6, 6.07) is 5.97. The number of nitrogens with one attached hydrogen (secondary N) is 1. The fourth-order valence-corrected chi connectivity index (χ4v) is 2.72. The maximum atomic E-state index is 12.2. The first-order valence-corrected chi connectivity index (χ1v) is 7.38. The molecular formula is C13H13N3O4S. The van der Waals surface area contributed by atoms with Gasteiger partial charge < -0.3 is 5.11 Å². The van der Waals surface area contributed by atoms with Gasteiger partial charge in [0.05, 0.1) is 16.8 Å². The molecule has 0 aliphatic rings. The molecule has 0 spiro atoms. The van der Waals surface area contributed by atoms with Crippen molar-refractivity contribution in [2.24, 2.45) is 7.05 Å². The van der Waals surface area contributed by atoms with Gasteiger partial charge >= 0.3 is 5.97 Å². The number of carboxylic acids is 1. The van der Waals surface area contributed by atoms with Crippen molar-refractivity contribution in [3.8, 4) is 0 Å². The van der Waals surface area contributed by atoms with Crippen LogP contribution >= 0.6 is 0 Å². The summed E-state index contributed by atoms with van der Waals surface area (Å²) in [7, 11) is -2.07. The second-order valence-electron chi connectivity index (χ2n) is 4.25. The highest BCUT2D eigenvalue weighted by molar-refractivity contribution is 7.92. The molecule has 0 aliphatic carbocycles. The Labute approximate surface area is 121 Å². The summed E-state index contributed by atoms with van der Waals surface area (Å²) in [5.74, 6) is -1.10. The van der Waals surface area contributed by atoms with Crippen molar-refractivity contribution in [1.82, 2.24) is 9.78 Å². The number of sulfonamides is 1. The van der Waals surface area contributed by atoms with Gasteiger partial charge in [-0.2, -0.15) is 5.10 Å². The summed E-state index contributed by atoms with van der Waals surface area (Å²) < 4.78 is 28.3. The van der Waals surface area contributed by atoms with Crippen LogP contribution in [0, 0.1) is 0 Å². The highest BCUT2D eigenvalue weighted by Gasteiger charge is 2.15. The van der Waals surface area contributed by atoms with Crippen molar-refractivity contribution in [2.45, 2.75) is 4.90 Å². The van der Waals surface area contributed by atoms with Gasteiger partial charge in [-0.15, -0.1) is 0 Å². The van der Waals surface area contributed by atoms with E-state index < -0.39 is 16.0 Å². The van der Waals surface area contributed by atoms with Gasteiger partial charge in [-0.05, 0) is 23.8 Å². The van der Waals surface area contributed by atoms with Crippen LogP contribution in [-0.2, 0) is 21.9 Å². The third kappa shape index (κ3) is 3.93. The molecule has 21 heavy (non-hydrogen) atoms. The summed E-state index contributed by atoms with van der Waals surface area (Å²) in [6.45, 7) is 0. The molecule has 0 aliphatic heterocycles. The van der Waals surface area contributed by atoms with Gasteiger partial charge in [-0.1, -0.05) is 12.1 Å². The van der Waals surface area contributed by atoms with Crippen LogP contribution in [-0.4, -0.2) is 29.3 Å². The van der Waals surface area contributed by atoms with E-state index in [0.717, 1.165) is 6.08 Å². The van der Waals surface area contributed by atoms with Crippen LogP contribution in [0.25, 0.3) is 6.08 Å². The van der Waals surface area contributed by atoms with E-state index in [2.05, 4.69) is 9.82 Å². The van der Waals surface area contributed by atoms with E-state index in [0.29, 0.717) is 11.3 Å². The number of carbonyl (C=O) groups is 1. The molecule has 0 bridgehead atoms. The van der Waals surface area contributed by atoms with Crippen molar-refractivity contribution in [3.05, 3.63) is 48.3 Å². The third-order valence-electron chi connectivity index (χ3n) is 2.54. The summed E-state index contributed by atoms with van der Waals surface area (Å²) in [5, 5.41) is 12.4. The van der Waals surface area contributed by atoms with Crippen LogP contribution in [0.4, 0.5) is 5.69 Å². The minimum atomic E-state index is -3.75. The highest BCUT2D eigenvalue weighted by Crippen LogP contribution is 2.17. The summed E-state index contributed by atoms with van der Waals surface area (Å²) in [6.07, 6.45) is 5.20. The zero-order valence-corrected chi connectivity index (χ0v) is 11.9. The molecule has 1 aromatic carbocycles. The van der Waals surface area contributed by atoms with Crippen molar-refractivity contribution in [2.75, 3.05) is 4.72 Å². The Bertz CT molecular complexity index is 793. The SMILES string of the molecule is Cn1cc(NS(=O)(=O)c2cccc(C=CC(=O)O)c2)cn1. The first kappa shape index (κ1) is 14.8. The van der Waals surface area contributed by atoms with Crippen LogP contribution in [0.5, 0.6) is 0 Å². The molecule has 0 saturated heterocycles. The lowest BCUT2D eigenvalue weighted by Crippen LogP contribution is -2.12. The third-order valence-corrected chi connectivity index (χ3v) is 3.92. The average molecular weight is 307 g/mol. The normalized spacial score (nSPS) is 11.7. The van der Waals surface area contributed by atoms with Gasteiger partial charge in [0.2, 0.25) is 0 Å². The van der Waals surface area contributed by atoms with E-state index in [1.165, 1.54) is 35.3 Å². The minimum absolute atomic E-state index is 0.0406. The van der Waals surface area contributed by atoms with Crippen LogP contribution < -0.4 is 4.72 Å². The maximum absolute atomic E-state index is 12.2. The molecule has 110 valence electrons. The zero-order valence-electron chi connectivity index (χ0n) is 11.1. The largest absolute Gasteiger partial charge is 0.478 e. The summed E-state index contributed by atoms with van der Waals surface area (Å²) in [5.41, 5.74) is 0.829. The van der Waals surface area contributed by atoms with Crippen molar-refractivity contribution >= 4 is 27.8 Å². The Morgan fingerprint density at radius 2 is 2.19 bits per heavy atom. The van der Waals surface area contributed by atoms with Gasteiger partial charge in [-0.3, -0.25) is 9.40 Å². The van der Waals surface area contributed by atoms with E-state index in [1.807, 2.05) is 0 Å². The lowest BCUT2D eigenvalue weighted by molar-refractivity contribution is -0.131. The molecule has 1 heterocycles. The molecule has 1 aromatic heterocycles. The Hall–Kier alpha value is -2.61. The van der Waals surface area contributed by atoms with Gasteiger partial charge in [0.1, 0.15) is 0 Å². The maximum Gasteiger partial charge on any atom is 0.328 e. The van der Waals surface area contributed by atoms with Crippen LogP contribution in [0.3, 0.4) is 0 Å². The number of hydrogen-bond acceptors (Lipinski definition) is 4. The fraction of sp³-hybridized carbons (Fsp3) is 0.0769. The first-order chi connectivity index (χ1) is 9.87. The second kappa shape index (κ2) is 5.80. The fourth-order valence-electron chi connectivity index (χ4n) is 1.64. The Kier molecular flexibility index (Phi) is 4.08. The number of aryl methyl sites for hydroxylation is 1. The highest BCUT2D eigenvalue weighted by atomic mass is 32.2. The standard InChI is InChI=1S/C13H13N3O4S/c1-16-9-11(8-14-16)15-21(19,20)12-4-2-3-10(7-12)5-6-13(17)18/h2-9,15H,1H3,(H,17,18). The second-order valence-corrected chi connectivity index (χ2v) is 5.93. The van der Waals surface area contributed by atoms with E-state index in [4.69, 9.17) is 5.11 Å². The number of nitrogens with zero attached hydrogens (tertiary/aromatic N) is 2. The lowest BCUT2D eigenvalue weighted by atomic mass is 10.2. The number of aromatic nitrogens is 2.